The second-order valence-electron chi connectivity index (χ2n) is 5.32. The van der Waals surface area contributed by atoms with Crippen LogP contribution in [0.2, 0.25) is 0 Å². The molecule has 0 saturated heterocycles. The molecule has 3 rings (SSSR count). The minimum absolute atomic E-state index is 0. The van der Waals surface area contributed by atoms with Crippen molar-refractivity contribution in [2.24, 2.45) is 5.92 Å². The molecule has 8 heteroatoms. The fourth-order valence-corrected chi connectivity index (χ4v) is 2.08. The molecule has 0 unspecified atom stereocenters. The van der Waals surface area contributed by atoms with Crippen molar-refractivity contribution < 1.29 is 4.79 Å². The van der Waals surface area contributed by atoms with Gasteiger partial charge in [0.1, 0.15) is 0 Å². The van der Waals surface area contributed by atoms with Gasteiger partial charge >= 0.3 is 0 Å². The van der Waals surface area contributed by atoms with Gasteiger partial charge in [0.15, 0.2) is 5.82 Å². The first-order valence-electron chi connectivity index (χ1n) is 7.23. The van der Waals surface area contributed by atoms with E-state index in [1.165, 1.54) is 12.8 Å². The number of hydrogen-bond donors (Lipinski definition) is 2. The van der Waals surface area contributed by atoms with Crippen LogP contribution in [0, 0.1) is 5.92 Å². The van der Waals surface area contributed by atoms with Crippen LogP contribution in [0.25, 0.3) is 5.82 Å². The molecule has 1 amide bonds. The molecule has 2 aromatic rings. The van der Waals surface area contributed by atoms with Crippen LogP contribution >= 0.6 is 24.8 Å². The third-order valence-corrected chi connectivity index (χ3v) is 3.45. The van der Waals surface area contributed by atoms with Gasteiger partial charge in [0, 0.05) is 25.1 Å². The number of nitrogens with one attached hydrogen (secondary N) is 2. The molecule has 0 bridgehead atoms. The van der Waals surface area contributed by atoms with Gasteiger partial charge in [0.2, 0.25) is 5.91 Å². The van der Waals surface area contributed by atoms with Gasteiger partial charge in [-0.2, -0.15) is 5.10 Å². The molecule has 2 N–H and O–H groups in total. The van der Waals surface area contributed by atoms with Crippen LogP contribution in [0.1, 0.15) is 18.4 Å². The molecular weight excluding hydrogens is 337 g/mol. The fourth-order valence-electron chi connectivity index (χ4n) is 2.08. The number of hydrogen-bond acceptors (Lipinski definition) is 4. The normalized spacial score (nSPS) is 12.9. The minimum Gasteiger partial charge on any atom is -0.351 e. The highest BCUT2D eigenvalue weighted by molar-refractivity contribution is 5.85. The first-order valence-corrected chi connectivity index (χ1v) is 7.23. The molecule has 0 atom stereocenters. The Hall–Kier alpha value is -1.63. The van der Waals surface area contributed by atoms with Gasteiger partial charge in [-0.25, -0.2) is 9.67 Å². The van der Waals surface area contributed by atoms with Crippen molar-refractivity contribution in [3.05, 3.63) is 42.4 Å². The van der Waals surface area contributed by atoms with E-state index < -0.39 is 0 Å². The number of halogens is 2. The lowest BCUT2D eigenvalue weighted by Gasteiger charge is -2.07. The van der Waals surface area contributed by atoms with Crippen LogP contribution in [0.4, 0.5) is 0 Å². The third kappa shape index (κ3) is 6.17. The number of nitrogens with zero attached hydrogens (tertiary/aromatic N) is 3. The molecule has 6 nitrogen and oxygen atoms in total. The van der Waals surface area contributed by atoms with Crippen LogP contribution in [0.15, 0.2) is 36.8 Å². The number of aromatic nitrogens is 3. The van der Waals surface area contributed by atoms with E-state index in [0.29, 0.717) is 13.1 Å². The standard InChI is InChI=1S/C15H19N5O.2ClH/c21-15(11-16-9-12-2-3-12)18-10-13-4-6-17-14(8-13)20-7-1-5-19-20;;/h1,4-8,12,16H,2-3,9-11H2,(H,18,21);2*1H. The van der Waals surface area contributed by atoms with Crippen molar-refractivity contribution in [2.45, 2.75) is 19.4 Å². The highest BCUT2D eigenvalue weighted by atomic mass is 35.5. The zero-order valence-corrected chi connectivity index (χ0v) is 14.3. The summed E-state index contributed by atoms with van der Waals surface area (Å²) in [6.45, 7) is 1.83. The van der Waals surface area contributed by atoms with Crippen LogP contribution in [0.5, 0.6) is 0 Å². The van der Waals surface area contributed by atoms with Crippen molar-refractivity contribution in [1.29, 1.82) is 0 Å². The highest BCUT2D eigenvalue weighted by Gasteiger charge is 2.20. The van der Waals surface area contributed by atoms with Crippen molar-refractivity contribution in [1.82, 2.24) is 25.4 Å². The van der Waals surface area contributed by atoms with E-state index in [1.807, 2.05) is 24.4 Å². The predicted molar refractivity (Wildman–Crippen MR) is 93.3 cm³/mol. The lowest BCUT2D eigenvalue weighted by atomic mass is 10.2. The van der Waals surface area contributed by atoms with Crippen LogP contribution in [-0.2, 0) is 11.3 Å². The van der Waals surface area contributed by atoms with Gasteiger partial charge in [-0.3, -0.25) is 4.79 Å². The Morgan fingerprint density at radius 3 is 2.83 bits per heavy atom. The molecule has 1 aliphatic carbocycles. The van der Waals surface area contributed by atoms with E-state index in [2.05, 4.69) is 20.7 Å². The molecule has 0 aromatic carbocycles. The van der Waals surface area contributed by atoms with Gasteiger partial charge in [0.05, 0.1) is 6.54 Å². The van der Waals surface area contributed by atoms with Crippen molar-refractivity contribution in [2.75, 3.05) is 13.1 Å². The van der Waals surface area contributed by atoms with Gasteiger partial charge < -0.3 is 10.6 Å². The zero-order chi connectivity index (χ0) is 14.5. The summed E-state index contributed by atoms with van der Waals surface area (Å²) in [5.74, 6) is 1.56. The van der Waals surface area contributed by atoms with Crippen LogP contribution in [0.3, 0.4) is 0 Å². The topological polar surface area (TPSA) is 71.8 Å². The molecule has 1 fully saturated rings. The summed E-state index contributed by atoms with van der Waals surface area (Å²) in [6.07, 6.45) is 7.86. The number of pyridine rings is 1. The molecule has 23 heavy (non-hydrogen) atoms. The van der Waals surface area contributed by atoms with Gasteiger partial charge in [-0.1, -0.05) is 0 Å². The lowest BCUT2D eigenvalue weighted by Crippen LogP contribution is -2.34. The SMILES string of the molecule is Cl.Cl.O=C(CNCC1CC1)NCc1ccnc(-n2cccn2)c1. The number of amides is 1. The van der Waals surface area contributed by atoms with Crippen molar-refractivity contribution in [3.63, 3.8) is 0 Å². The highest BCUT2D eigenvalue weighted by Crippen LogP contribution is 2.27. The lowest BCUT2D eigenvalue weighted by molar-refractivity contribution is -0.120. The second-order valence-corrected chi connectivity index (χ2v) is 5.32. The largest absolute Gasteiger partial charge is 0.351 e. The summed E-state index contributed by atoms with van der Waals surface area (Å²) in [6, 6.07) is 5.66. The van der Waals surface area contributed by atoms with Crippen LogP contribution in [-0.4, -0.2) is 33.8 Å². The molecule has 0 aliphatic heterocycles. The van der Waals surface area contributed by atoms with E-state index in [9.17, 15) is 4.79 Å². The molecule has 2 aromatic heterocycles. The van der Waals surface area contributed by atoms with E-state index in [1.54, 1.807) is 17.1 Å². The summed E-state index contributed by atoms with van der Waals surface area (Å²) in [5, 5.41) is 10.2. The van der Waals surface area contributed by atoms with Gasteiger partial charge in [0.25, 0.3) is 0 Å². The minimum atomic E-state index is 0. The summed E-state index contributed by atoms with van der Waals surface area (Å²) >= 11 is 0. The van der Waals surface area contributed by atoms with E-state index >= 15 is 0 Å². The zero-order valence-electron chi connectivity index (χ0n) is 12.6. The predicted octanol–water partition coefficient (Wildman–Crippen LogP) is 1.73. The van der Waals surface area contributed by atoms with Crippen molar-refractivity contribution >= 4 is 30.7 Å². The number of rotatable bonds is 7. The summed E-state index contributed by atoms with van der Waals surface area (Å²) in [7, 11) is 0. The van der Waals surface area contributed by atoms with E-state index in [4.69, 9.17) is 0 Å². The summed E-state index contributed by atoms with van der Waals surface area (Å²) in [5.41, 5.74) is 1.01. The molecule has 1 aliphatic rings. The molecule has 126 valence electrons. The molecule has 1 saturated carbocycles. The third-order valence-electron chi connectivity index (χ3n) is 3.45. The Kier molecular flexibility index (Phi) is 8.02. The Bertz CT molecular complexity index is 602. The summed E-state index contributed by atoms with van der Waals surface area (Å²) < 4.78 is 1.70. The summed E-state index contributed by atoms with van der Waals surface area (Å²) in [4.78, 5) is 16.0. The maximum absolute atomic E-state index is 11.7. The first-order chi connectivity index (χ1) is 10.3. The maximum atomic E-state index is 11.7. The van der Waals surface area contributed by atoms with Crippen molar-refractivity contribution in [3.8, 4) is 5.82 Å². The Morgan fingerprint density at radius 2 is 2.13 bits per heavy atom. The molecular formula is C15H21Cl2N5O. The average Bonchev–Trinajstić information content (AvgIpc) is 3.16. The Morgan fingerprint density at radius 1 is 1.30 bits per heavy atom. The number of carbonyl (C=O) groups is 1. The Labute approximate surface area is 147 Å². The van der Waals surface area contributed by atoms with E-state index in [-0.39, 0.29) is 30.7 Å². The fraction of sp³-hybridized carbons (Fsp3) is 0.400. The van der Waals surface area contributed by atoms with Crippen LogP contribution < -0.4 is 10.6 Å². The maximum Gasteiger partial charge on any atom is 0.234 e. The Balaban J connectivity index is 0.00000132. The molecule has 0 radical (unpaired) electrons. The molecule has 2 heterocycles. The monoisotopic (exact) mass is 357 g/mol. The average molecular weight is 358 g/mol. The van der Waals surface area contributed by atoms with E-state index in [0.717, 1.165) is 23.8 Å². The smallest absolute Gasteiger partial charge is 0.234 e. The van der Waals surface area contributed by atoms with Gasteiger partial charge in [-0.05, 0) is 49.1 Å². The number of carbonyl (C=O) groups excluding carboxylic acids is 1. The molecule has 0 spiro atoms. The second kappa shape index (κ2) is 9.50. The first kappa shape index (κ1) is 19.4. The quantitative estimate of drug-likeness (QED) is 0.791. The van der Waals surface area contributed by atoms with Gasteiger partial charge in [-0.15, -0.1) is 24.8 Å².